The quantitative estimate of drug-likeness (QED) is 0.472. The minimum Gasteiger partial charge on any atom is -0.493 e. The lowest BCUT2D eigenvalue weighted by molar-refractivity contribution is 0.356. The molecular formula is C24H23N3O2. The molecule has 0 saturated carbocycles. The van der Waals surface area contributed by atoms with Crippen LogP contribution in [0.3, 0.4) is 0 Å². The van der Waals surface area contributed by atoms with E-state index in [2.05, 4.69) is 70.7 Å². The van der Waals surface area contributed by atoms with Gasteiger partial charge in [0.05, 0.1) is 19.7 Å². The zero-order chi connectivity index (χ0) is 20.2. The van der Waals surface area contributed by atoms with Gasteiger partial charge in [-0.3, -0.25) is 0 Å². The van der Waals surface area contributed by atoms with Crippen molar-refractivity contribution in [2.45, 2.75) is 12.8 Å². The molecule has 0 fully saturated rings. The van der Waals surface area contributed by atoms with Crippen molar-refractivity contribution in [1.29, 1.82) is 0 Å². The minimum absolute atomic E-state index is 0.335. The Hall–Kier alpha value is -3.60. The van der Waals surface area contributed by atoms with Gasteiger partial charge in [-0.1, -0.05) is 49.4 Å². The van der Waals surface area contributed by atoms with Crippen LogP contribution in [0.5, 0.6) is 11.5 Å². The molecule has 0 aliphatic rings. The molecule has 1 N–H and O–H groups in total. The van der Waals surface area contributed by atoms with Gasteiger partial charge in [0.15, 0.2) is 11.5 Å². The van der Waals surface area contributed by atoms with E-state index in [1.165, 1.54) is 11.1 Å². The largest absolute Gasteiger partial charge is 0.493 e. The van der Waals surface area contributed by atoms with Crippen LogP contribution in [-0.2, 0) is 0 Å². The molecule has 1 aromatic heterocycles. The maximum absolute atomic E-state index is 5.43. The number of benzene rings is 3. The summed E-state index contributed by atoms with van der Waals surface area (Å²) in [4.78, 5) is 8.77. The van der Waals surface area contributed by atoms with Crippen LogP contribution in [0, 0.1) is 0 Å². The van der Waals surface area contributed by atoms with Crippen molar-refractivity contribution >= 4 is 22.4 Å². The van der Waals surface area contributed by atoms with Crippen LogP contribution >= 0.6 is 0 Å². The molecule has 5 nitrogen and oxygen atoms in total. The number of ether oxygens (including phenoxy) is 2. The highest BCUT2D eigenvalue weighted by molar-refractivity contribution is 5.93. The van der Waals surface area contributed by atoms with Crippen LogP contribution in [0.15, 0.2) is 73.1 Å². The molecule has 4 rings (SSSR count). The monoisotopic (exact) mass is 385 g/mol. The van der Waals surface area contributed by atoms with Crippen molar-refractivity contribution in [3.63, 3.8) is 0 Å². The van der Waals surface area contributed by atoms with Crippen molar-refractivity contribution < 1.29 is 9.47 Å². The zero-order valence-corrected chi connectivity index (χ0v) is 16.7. The second kappa shape index (κ2) is 8.19. The molecule has 0 bridgehead atoms. The Labute approximate surface area is 170 Å². The molecule has 0 spiro atoms. The standard InChI is InChI=1S/C24H23N3O2/c1-16(17-7-5-4-6-8-17)18-9-11-19(12-10-18)27-24-20-13-22(28-2)23(29-3)14-21(20)25-15-26-24/h4-16H,1-3H3,(H,25,26,27)/t16-/m0/s1. The number of methoxy groups -OCH3 is 2. The van der Waals surface area contributed by atoms with E-state index in [9.17, 15) is 0 Å². The van der Waals surface area contributed by atoms with E-state index in [0.29, 0.717) is 17.4 Å². The third-order valence-electron chi connectivity index (χ3n) is 5.11. The van der Waals surface area contributed by atoms with Gasteiger partial charge in [0.25, 0.3) is 0 Å². The Bertz CT molecular complexity index is 1110. The van der Waals surface area contributed by atoms with Crippen LogP contribution in [0.1, 0.15) is 24.0 Å². The highest BCUT2D eigenvalue weighted by atomic mass is 16.5. The Balaban J connectivity index is 1.62. The average molecular weight is 385 g/mol. The van der Waals surface area contributed by atoms with Gasteiger partial charge in [-0.15, -0.1) is 0 Å². The second-order valence-corrected chi connectivity index (χ2v) is 6.83. The lowest BCUT2D eigenvalue weighted by Gasteiger charge is -2.14. The summed E-state index contributed by atoms with van der Waals surface area (Å²) < 4.78 is 10.8. The van der Waals surface area contributed by atoms with E-state index in [1.807, 2.05) is 18.2 Å². The van der Waals surface area contributed by atoms with Gasteiger partial charge in [-0.25, -0.2) is 9.97 Å². The number of hydrogen-bond acceptors (Lipinski definition) is 5. The molecule has 4 aromatic rings. The number of anilines is 2. The number of fused-ring (bicyclic) bond motifs is 1. The molecule has 0 saturated heterocycles. The minimum atomic E-state index is 0.335. The van der Waals surface area contributed by atoms with Gasteiger partial charge in [-0.05, 0) is 29.3 Å². The van der Waals surface area contributed by atoms with E-state index < -0.39 is 0 Å². The predicted molar refractivity (Wildman–Crippen MR) is 116 cm³/mol. The van der Waals surface area contributed by atoms with E-state index >= 15 is 0 Å². The summed E-state index contributed by atoms with van der Waals surface area (Å²) in [5.41, 5.74) is 4.31. The third-order valence-corrected chi connectivity index (χ3v) is 5.11. The molecule has 0 radical (unpaired) electrons. The average Bonchev–Trinajstić information content (AvgIpc) is 2.79. The zero-order valence-electron chi connectivity index (χ0n) is 16.7. The fraction of sp³-hybridized carbons (Fsp3) is 0.167. The van der Waals surface area contributed by atoms with Gasteiger partial charge >= 0.3 is 0 Å². The predicted octanol–water partition coefficient (Wildman–Crippen LogP) is 5.54. The van der Waals surface area contributed by atoms with Gasteiger partial charge < -0.3 is 14.8 Å². The Morgan fingerprint density at radius 2 is 1.45 bits per heavy atom. The van der Waals surface area contributed by atoms with Crippen molar-refractivity contribution in [3.8, 4) is 11.5 Å². The topological polar surface area (TPSA) is 56.3 Å². The molecule has 1 atom stereocenters. The molecule has 5 heteroatoms. The summed E-state index contributed by atoms with van der Waals surface area (Å²) in [5.74, 6) is 2.34. The van der Waals surface area contributed by atoms with Gasteiger partial charge in [0, 0.05) is 23.1 Å². The molecule has 0 unspecified atom stereocenters. The van der Waals surface area contributed by atoms with Crippen LogP contribution in [0.2, 0.25) is 0 Å². The SMILES string of the molecule is COc1cc2ncnc(Nc3ccc([C@@H](C)c4ccccc4)cc3)c2cc1OC. The van der Waals surface area contributed by atoms with Gasteiger partial charge in [0.1, 0.15) is 12.1 Å². The Morgan fingerprint density at radius 3 is 2.14 bits per heavy atom. The second-order valence-electron chi connectivity index (χ2n) is 6.83. The summed E-state index contributed by atoms with van der Waals surface area (Å²) in [6, 6.07) is 22.7. The molecule has 29 heavy (non-hydrogen) atoms. The Kier molecular flexibility index (Phi) is 5.29. The van der Waals surface area contributed by atoms with Crippen molar-refractivity contribution in [2.75, 3.05) is 19.5 Å². The van der Waals surface area contributed by atoms with Gasteiger partial charge in [-0.2, -0.15) is 0 Å². The van der Waals surface area contributed by atoms with Crippen LogP contribution in [-0.4, -0.2) is 24.2 Å². The number of nitrogens with one attached hydrogen (secondary N) is 1. The Morgan fingerprint density at radius 1 is 0.793 bits per heavy atom. The molecule has 1 heterocycles. The van der Waals surface area contributed by atoms with Crippen molar-refractivity contribution in [2.24, 2.45) is 0 Å². The highest BCUT2D eigenvalue weighted by Gasteiger charge is 2.12. The molecule has 0 aliphatic heterocycles. The van der Waals surface area contributed by atoms with E-state index in [0.717, 1.165) is 22.4 Å². The molecule has 3 aromatic carbocycles. The number of nitrogens with zero attached hydrogens (tertiary/aromatic N) is 2. The van der Waals surface area contributed by atoms with Crippen molar-refractivity contribution in [1.82, 2.24) is 9.97 Å². The molecular weight excluding hydrogens is 362 g/mol. The first-order valence-corrected chi connectivity index (χ1v) is 9.48. The maximum atomic E-state index is 5.43. The van der Waals surface area contributed by atoms with Crippen molar-refractivity contribution in [3.05, 3.63) is 84.2 Å². The normalized spacial score (nSPS) is 11.8. The lowest BCUT2D eigenvalue weighted by atomic mass is 9.93. The first-order chi connectivity index (χ1) is 14.2. The molecule has 0 aliphatic carbocycles. The smallest absolute Gasteiger partial charge is 0.162 e. The number of aromatic nitrogens is 2. The first-order valence-electron chi connectivity index (χ1n) is 9.48. The maximum Gasteiger partial charge on any atom is 0.162 e. The molecule has 0 amide bonds. The fourth-order valence-electron chi connectivity index (χ4n) is 3.41. The highest BCUT2D eigenvalue weighted by Crippen LogP contribution is 2.34. The van der Waals surface area contributed by atoms with E-state index in [4.69, 9.17) is 9.47 Å². The third kappa shape index (κ3) is 3.85. The van der Waals surface area contributed by atoms with Crippen LogP contribution in [0.25, 0.3) is 10.9 Å². The fourth-order valence-corrected chi connectivity index (χ4v) is 3.41. The summed E-state index contributed by atoms with van der Waals surface area (Å²) in [7, 11) is 3.23. The summed E-state index contributed by atoms with van der Waals surface area (Å²) in [5, 5.41) is 4.26. The van der Waals surface area contributed by atoms with Crippen LogP contribution < -0.4 is 14.8 Å². The lowest BCUT2D eigenvalue weighted by Crippen LogP contribution is -1.99. The first kappa shape index (κ1) is 18.7. The number of hydrogen-bond donors (Lipinski definition) is 1. The van der Waals surface area contributed by atoms with Crippen LogP contribution in [0.4, 0.5) is 11.5 Å². The van der Waals surface area contributed by atoms with E-state index in [1.54, 1.807) is 20.5 Å². The summed E-state index contributed by atoms with van der Waals surface area (Å²) >= 11 is 0. The van der Waals surface area contributed by atoms with E-state index in [-0.39, 0.29) is 0 Å². The molecule has 146 valence electrons. The summed E-state index contributed by atoms with van der Waals surface area (Å²) in [6.45, 7) is 2.22. The number of rotatable bonds is 6. The summed E-state index contributed by atoms with van der Waals surface area (Å²) in [6.07, 6.45) is 1.54. The van der Waals surface area contributed by atoms with Gasteiger partial charge in [0.2, 0.25) is 0 Å².